The smallest absolute Gasteiger partial charge is 0.235 e. The van der Waals surface area contributed by atoms with E-state index in [0.29, 0.717) is 0 Å². The Morgan fingerprint density at radius 1 is 0.833 bits per heavy atom. The average molecular weight is 328 g/mol. The van der Waals surface area contributed by atoms with Crippen molar-refractivity contribution in [3.8, 4) is 0 Å². The summed E-state index contributed by atoms with van der Waals surface area (Å²) in [6, 6.07) is 10.8. The summed E-state index contributed by atoms with van der Waals surface area (Å²) in [4.78, 5) is 0. The Morgan fingerprint density at radius 2 is 1.50 bits per heavy atom. The minimum absolute atomic E-state index is 0.986. The van der Waals surface area contributed by atoms with Crippen LogP contribution in [0.5, 0.6) is 0 Å². The Bertz CT molecular complexity index is 557. The Labute approximate surface area is 148 Å². The lowest BCUT2D eigenvalue weighted by Gasteiger charge is -2.05. The molecule has 24 heavy (non-hydrogen) atoms. The molecule has 0 amide bonds. The number of hydrogen-bond acceptors (Lipinski definition) is 0. The maximum absolute atomic E-state index is 2.43. The van der Waals surface area contributed by atoms with E-state index in [-0.39, 0.29) is 0 Å². The Kier molecular flexibility index (Phi) is 8.65. The van der Waals surface area contributed by atoms with E-state index in [2.05, 4.69) is 65.7 Å². The predicted octanol–water partition coefficient (Wildman–Crippen LogP) is 5.53. The standard InChI is InChI=1S/C22H35N2/c1-3-5-6-7-8-9-10-14-17-22-23(4-2)18-19-24(22)20-21-15-12-11-13-16-21/h11-13,15-16,18-19H,3-10,14,17,20H2,1-2H3/q+1. The number of rotatable bonds is 12. The maximum Gasteiger partial charge on any atom is 0.256 e. The van der Waals surface area contributed by atoms with Crippen LogP contribution in [0, 0.1) is 0 Å². The van der Waals surface area contributed by atoms with Crippen LogP contribution in [0.15, 0.2) is 42.7 Å². The number of unbranched alkanes of at least 4 members (excludes halogenated alkanes) is 7. The molecule has 2 nitrogen and oxygen atoms in total. The van der Waals surface area contributed by atoms with Gasteiger partial charge in [0.1, 0.15) is 18.9 Å². The molecule has 0 aliphatic rings. The fraction of sp³-hybridized carbons (Fsp3) is 0.591. The summed E-state index contributed by atoms with van der Waals surface area (Å²) in [5, 5.41) is 0. The van der Waals surface area contributed by atoms with E-state index in [0.717, 1.165) is 13.1 Å². The Balaban J connectivity index is 1.79. The number of aromatic nitrogens is 2. The summed E-state index contributed by atoms with van der Waals surface area (Å²) in [7, 11) is 0. The predicted molar refractivity (Wildman–Crippen MR) is 102 cm³/mol. The van der Waals surface area contributed by atoms with E-state index < -0.39 is 0 Å². The van der Waals surface area contributed by atoms with E-state index in [1.807, 2.05) is 0 Å². The monoisotopic (exact) mass is 327 g/mol. The quantitative estimate of drug-likeness (QED) is 0.358. The summed E-state index contributed by atoms with van der Waals surface area (Å²) in [6.07, 6.45) is 16.8. The van der Waals surface area contributed by atoms with Gasteiger partial charge in [-0.2, -0.15) is 0 Å². The van der Waals surface area contributed by atoms with Crippen LogP contribution >= 0.6 is 0 Å². The van der Waals surface area contributed by atoms with Crippen LogP contribution in [0.25, 0.3) is 0 Å². The van der Waals surface area contributed by atoms with Gasteiger partial charge in [0.2, 0.25) is 0 Å². The van der Waals surface area contributed by atoms with E-state index in [4.69, 9.17) is 0 Å². The van der Waals surface area contributed by atoms with Crippen molar-refractivity contribution in [1.29, 1.82) is 0 Å². The summed E-state index contributed by atoms with van der Waals surface area (Å²) < 4.78 is 4.84. The molecule has 2 rings (SSSR count). The molecule has 0 saturated carbocycles. The van der Waals surface area contributed by atoms with Gasteiger partial charge < -0.3 is 0 Å². The van der Waals surface area contributed by atoms with Crippen molar-refractivity contribution < 1.29 is 4.57 Å². The van der Waals surface area contributed by atoms with Gasteiger partial charge in [0.15, 0.2) is 0 Å². The lowest BCUT2D eigenvalue weighted by Crippen LogP contribution is -2.37. The first kappa shape index (κ1) is 18.8. The molecule has 0 unspecified atom stereocenters. The van der Waals surface area contributed by atoms with Gasteiger partial charge in [-0.05, 0) is 18.9 Å². The SMILES string of the molecule is CCCCCCCCCCc1n(CC)cc[n+]1Cc1ccccc1. The van der Waals surface area contributed by atoms with E-state index in [1.165, 1.54) is 69.2 Å². The van der Waals surface area contributed by atoms with Gasteiger partial charge >= 0.3 is 0 Å². The molecule has 0 aliphatic heterocycles. The minimum atomic E-state index is 0.986. The number of aryl methyl sites for hydroxylation is 1. The molecule has 2 heteroatoms. The summed E-state index contributed by atoms with van der Waals surface area (Å²) in [6.45, 7) is 6.58. The average Bonchev–Trinajstić information content (AvgIpc) is 3.00. The van der Waals surface area contributed by atoms with Gasteiger partial charge in [-0.3, -0.25) is 0 Å². The lowest BCUT2D eigenvalue weighted by atomic mass is 10.1. The van der Waals surface area contributed by atoms with Crippen molar-refractivity contribution in [3.05, 3.63) is 54.1 Å². The Hall–Kier alpha value is -1.57. The summed E-state index contributed by atoms with van der Waals surface area (Å²) in [5.41, 5.74) is 1.38. The molecule has 0 atom stereocenters. The first-order valence-electron chi connectivity index (χ1n) is 9.96. The zero-order valence-corrected chi connectivity index (χ0v) is 15.7. The van der Waals surface area contributed by atoms with Crippen LogP contribution in [0.2, 0.25) is 0 Å². The zero-order valence-electron chi connectivity index (χ0n) is 15.7. The highest BCUT2D eigenvalue weighted by Gasteiger charge is 2.15. The normalized spacial score (nSPS) is 11.1. The molecule has 0 fully saturated rings. The third-order valence-corrected chi connectivity index (χ3v) is 4.88. The third kappa shape index (κ3) is 6.14. The first-order valence-corrected chi connectivity index (χ1v) is 9.96. The fourth-order valence-electron chi connectivity index (χ4n) is 3.41. The molecule has 2 aromatic rings. The lowest BCUT2D eigenvalue weighted by molar-refractivity contribution is -0.695. The second-order valence-electron chi connectivity index (χ2n) is 6.84. The van der Waals surface area contributed by atoms with Crippen molar-refractivity contribution in [2.45, 2.75) is 84.7 Å². The topological polar surface area (TPSA) is 8.81 Å². The van der Waals surface area contributed by atoms with Gasteiger partial charge in [-0.15, -0.1) is 0 Å². The highest BCUT2D eigenvalue weighted by atomic mass is 15.1. The van der Waals surface area contributed by atoms with E-state index in [9.17, 15) is 0 Å². The molecule has 0 aliphatic carbocycles. The summed E-state index contributed by atoms with van der Waals surface area (Å²) in [5.74, 6) is 1.48. The molecule has 0 saturated heterocycles. The first-order chi connectivity index (χ1) is 11.8. The zero-order chi connectivity index (χ0) is 17.0. The van der Waals surface area contributed by atoms with Crippen molar-refractivity contribution in [2.75, 3.05) is 0 Å². The number of benzene rings is 1. The molecule has 132 valence electrons. The van der Waals surface area contributed by atoms with Gasteiger partial charge in [-0.25, -0.2) is 9.13 Å². The minimum Gasteiger partial charge on any atom is -0.235 e. The molecule has 0 radical (unpaired) electrons. The number of imidazole rings is 1. The summed E-state index contributed by atoms with van der Waals surface area (Å²) >= 11 is 0. The molecule has 1 aromatic heterocycles. The van der Waals surface area contributed by atoms with Gasteiger partial charge in [0.05, 0.1) is 6.54 Å². The van der Waals surface area contributed by atoms with E-state index in [1.54, 1.807) is 0 Å². The van der Waals surface area contributed by atoms with Gasteiger partial charge in [-0.1, -0.05) is 82.2 Å². The maximum atomic E-state index is 2.43. The number of hydrogen-bond donors (Lipinski definition) is 0. The fourth-order valence-corrected chi connectivity index (χ4v) is 3.41. The van der Waals surface area contributed by atoms with Crippen LogP contribution < -0.4 is 4.57 Å². The molecule has 1 aromatic carbocycles. The molecular formula is C22H35N2+. The van der Waals surface area contributed by atoms with Crippen LogP contribution in [0.4, 0.5) is 0 Å². The van der Waals surface area contributed by atoms with E-state index >= 15 is 0 Å². The van der Waals surface area contributed by atoms with Crippen LogP contribution in [0.1, 0.15) is 76.6 Å². The Morgan fingerprint density at radius 3 is 2.17 bits per heavy atom. The highest BCUT2D eigenvalue weighted by molar-refractivity contribution is 5.13. The molecule has 0 bridgehead atoms. The largest absolute Gasteiger partial charge is 0.256 e. The van der Waals surface area contributed by atoms with Crippen LogP contribution in [0.3, 0.4) is 0 Å². The molecule has 0 spiro atoms. The van der Waals surface area contributed by atoms with Gasteiger partial charge in [0.25, 0.3) is 5.82 Å². The number of nitrogens with zero attached hydrogens (tertiary/aromatic N) is 2. The van der Waals surface area contributed by atoms with Gasteiger partial charge in [0, 0.05) is 6.42 Å². The van der Waals surface area contributed by atoms with Crippen molar-refractivity contribution in [1.82, 2.24) is 4.57 Å². The molecular weight excluding hydrogens is 292 g/mol. The van der Waals surface area contributed by atoms with Crippen LogP contribution in [-0.2, 0) is 19.5 Å². The molecule has 1 heterocycles. The van der Waals surface area contributed by atoms with Crippen molar-refractivity contribution >= 4 is 0 Å². The molecule has 0 N–H and O–H groups in total. The third-order valence-electron chi connectivity index (χ3n) is 4.88. The van der Waals surface area contributed by atoms with Crippen molar-refractivity contribution in [2.24, 2.45) is 0 Å². The second-order valence-corrected chi connectivity index (χ2v) is 6.84. The highest BCUT2D eigenvalue weighted by Crippen LogP contribution is 2.11. The second kappa shape index (κ2) is 11.1. The van der Waals surface area contributed by atoms with Crippen molar-refractivity contribution in [3.63, 3.8) is 0 Å². The van der Waals surface area contributed by atoms with Crippen LogP contribution in [-0.4, -0.2) is 4.57 Å².